The number of carbonyl (C=O) groups is 5. The van der Waals surface area contributed by atoms with Crippen LogP contribution in [-0.4, -0.2) is 96.7 Å². The molecule has 266 valence electrons. The van der Waals surface area contributed by atoms with Crippen molar-refractivity contribution in [1.82, 2.24) is 31.1 Å². The second kappa shape index (κ2) is 18.8. The van der Waals surface area contributed by atoms with Gasteiger partial charge in [-0.1, -0.05) is 61.5 Å². The van der Waals surface area contributed by atoms with Gasteiger partial charge in [0.1, 0.15) is 12.1 Å². The number of Topliss-reactive ketones (excluding diaryl/α,β-unsaturated/α-hetero) is 1. The first kappa shape index (κ1) is 41.6. The Morgan fingerprint density at radius 1 is 1.00 bits per heavy atom. The zero-order chi connectivity index (χ0) is 36.0. The Morgan fingerprint density at radius 3 is 2.09 bits per heavy atom. The van der Waals surface area contributed by atoms with Crippen molar-refractivity contribution in [2.45, 2.75) is 125 Å². The fourth-order valence-corrected chi connectivity index (χ4v) is 5.59. The molecular formula is C36H62N6O5. The van der Waals surface area contributed by atoms with Crippen LogP contribution in [0.15, 0.2) is 12.7 Å². The van der Waals surface area contributed by atoms with E-state index in [4.69, 9.17) is 6.42 Å². The summed E-state index contributed by atoms with van der Waals surface area (Å²) in [4.78, 5) is 66.0. The van der Waals surface area contributed by atoms with E-state index in [1.165, 1.54) is 6.92 Å². The molecule has 47 heavy (non-hydrogen) atoms. The number of hydrogen-bond acceptors (Lipinski definition) is 6. The summed E-state index contributed by atoms with van der Waals surface area (Å²) in [6.45, 7) is 25.2. The molecule has 0 aromatic carbocycles. The number of likely N-dealkylation sites (tertiary alicyclic amines) is 2. The molecule has 0 spiro atoms. The van der Waals surface area contributed by atoms with Crippen molar-refractivity contribution in [2.24, 2.45) is 16.2 Å². The molecule has 0 aliphatic carbocycles. The minimum absolute atomic E-state index is 0.115. The summed E-state index contributed by atoms with van der Waals surface area (Å²) in [6.07, 6.45) is 11.7. The van der Waals surface area contributed by atoms with Crippen molar-refractivity contribution in [3.8, 4) is 12.3 Å². The van der Waals surface area contributed by atoms with Gasteiger partial charge in [0, 0.05) is 32.1 Å². The lowest BCUT2D eigenvalue weighted by Gasteiger charge is -2.41. The molecule has 0 aromatic heterocycles. The van der Waals surface area contributed by atoms with Gasteiger partial charge in [-0.05, 0) is 68.4 Å². The molecule has 2 rings (SSSR count). The van der Waals surface area contributed by atoms with Crippen LogP contribution in [0.3, 0.4) is 0 Å². The van der Waals surface area contributed by atoms with Crippen LogP contribution in [0.5, 0.6) is 0 Å². The summed E-state index contributed by atoms with van der Waals surface area (Å²) in [6, 6.07) is -2.72. The number of nitrogens with one attached hydrogen (secondary N) is 4. The molecular weight excluding hydrogens is 596 g/mol. The van der Waals surface area contributed by atoms with Crippen LogP contribution in [0, 0.1) is 28.6 Å². The van der Waals surface area contributed by atoms with E-state index in [1.54, 1.807) is 11.0 Å². The largest absolute Gasteiger partial charge is 0.355 e. The molecule has 11 heteroatoms. The molecule has 4 N–H and O–H groups in total. The quantitative estimate of drug-likeness (QED) is 0.103. The van der Waals surface area contributed by atoms with Crippen LogP contribution in [0.2, 0.25) is 0 Å². The van der Waals surface area contributed by atoms with Crippen LogP contribution in [-0.2, 0) is 19.2 Å². The van der Waals surface area contributed by atoms with E-state index in [-0.39, 0.29) is 35.1 Å². The van der Waals surface area contributed by atoms with Gasteiger partial charge in [0.15, 0.2) is 5.78 Å². The Kier molecular flexibility index (Phi) is 16.7. The Balaban J connectivity index is 0.00000167. The average molecular weight is 659 g/mol. The first-order valence-electron chi connectivity index (χ1n) is 16.9. The van der Waals surface area contributed by atoms with E-state index in [2.05, 4.69) is 73.3 Å². The SMILES string of the molecule is C#CCCC(NC(=O)C1CCCN1C(=O)C(NC(=O)NC(CN1CCC(C)(C)CC1)C(C)(C)C)C(C)(C)C)C(C)=O.C=CCNC=O. The van der Waals surface area contributed by atoms with Gasteiger partial charge in [0.2, 0.25) is 18.2 Å². The van der Waals surface area contributed by atoms with Crippen molar-refractivity contribution < 1.29 is 24.0 Å². The third-order valence-corrected chi connectivity index (χ3v) is 8.96. The number of urea groups is 1. The highest BCUT2D eigenvalue weighted by atomic mass is 16.2. The van der Waals surface area contributed by atoms with Crippen molar-refractivity contribution >= 4 is 30.0 Å². The van der Waals surface area contributed by atoms with E-state index >= 15 is 0 Å². The molecule has 11 nitrogen and oxygen atoms in total. The number of terminal acetylenes is 1. The van der Waals surface area contributed by atoms with Crippen LogP contribution < -0.4 is 21.3 Å². The maximum absolute atomic E-state index is 13.9. The standard InChI is InChI=1S/C32H55N5O4.C4H7NO/c1-11-12-14-23(22(2)38)33-27(39)24-15-13-18-37(24)28(40)26(31(6,7)8)35-29(41)34-25(30(3,4)5)21-36-19-16-32(9,10)17-20-36;1-2-3-5-4-6/h1,23-26H,12-21H2,2-10H3,(H,33,39)(H2,34,35,41);2,4H,1,3H2,(H,5,6). The normalized spacial score (nSPS) is 19.8. The van der Waals surface area contributed by atoms with Crippen molar-refractivity contribution in [3.63, 3.8) is 0 Å². The summed E-state index contributed by atoms with van der Waals surface area (Å²) in [5, 5.41) is 11.3. The zero-order valence-electron chi connectivity index (χ0n) is 30.5. The lowest BCUT2D eigenvalue weighted by molar-refractivity contribution is -0.142. The Morgan fingerprint density at radius 2 is 1.62 bits per heavy atom. The van der Waals surface area contributed by atoms with Gasteiger partial charge < -0.3 is 31.1 Å². The van der Waals surface area contributed by atoms with Gasteiger partial charge in [0.05, 0.1) is 6.04 Å². The number of hydrogen-bond donors (Lipinski definition) is 4. The molecule has 4 atom stereocenters. The maximum Gasteiger partial charge on any atom is 0.315 e. The number of nitrogens with zero attached hydrogens (tertiary/aromatic N) is 2. The van der Waals surface area contributed by atoms with E-state index in [0.29, 0.717) is 50.6 Å². The predicted octanol–water partition coefficient (Wildman–Crippen LogP) is 3.63. The highest BCUT2D eigenvalue weighted by molar-refractivity contribution is 5.94. The number of amides is 5. The summed E-state index contributed by atoms with van der Waals surface area (Å²) >= 11 is 0. The van der Waals surface area contributed by atoms with Crippen LogP contribution in [0.4, 0.5) is 4.79 Å². The molecule has 0 radical (unpaired) electrons. The monoisotopic (exact) mass is 658 g/mol. The van der Waals surface area contributed by atoms with Crippen LogP contribution >= 0.6 is 0 Å². The third kappa shape index (κ3) is 14.5. The minimum Gasteiger partial charge on any atom is -0.355 e. The minimum atomic E-state index is -0.836. The van der Waals surface area contributed by atoms with Gasteiger partial charge in [0.25, 0.3) is 0 Å². The molecule has 0 saturated carbocycles. The summed E-state index contributed by atoms with van der Waals surface area (Å²) < 4.78 is 0. The van der Waals surface area contributed by atoms with Gasteiger partial charge in [-0.15, -0.1) is 18.9 Å². The Bertz CT molecular complexity index is 1100. The molecule has 2 aliphatic rings. The fraction of sp³-hybridized carbons (Fsp3) is 0.750. The molecule has 2 heterocycles. The molecule has 0 bridgehead atoms. The van der Waals surface area contributed by atoms with Crippen molar-refractivity contribution in [2.75, 3.05) is 32.7 Å². The maximum atomic E-state index is 13.9. The topological polar surface area (TPSA) is 140 Å². The molecule has 2 fully saturated rings. The molecule has 4 unspecified atom stereocenters. The summed E-state index contributed by atoms with van der Waals surface area (Å²) in [7, 11) is 0. The number of carbonyl (C=O) groups excluding carboxylic acids is 5. The third-order valence-electron chi connectivity index (χ3n) is 8.96. The zero-order valence-corrected chi connectivity index (χ0v) is 30.5. The van der Waals surface area contributed by atoms with E-state index in [1.807, 2.05) is 20.8 Å². The fourth-order valence-electron chi connectivity index (χ4n) is 5.59. The highest BCUT2D eigenvalue weighted by Crippen LogP contribution is 2.31. The van der Waals surface area contributed by atoms with E-state index in [9.17, 15) is 24.0 Å². The number of rotatable bonds is 13. The van der Waals surface area contributed by atoms with Crippen LogP contribution in [0.1, 0.15) is 101 Å². The highest BCUT2D eigenvalue weighted by Gasteiger charge is 2.43. The summed E-state index contributed by atoms with van der Waals surface area (Å²) in [5.74, 6) is 1.68. The molecule has 5 amide bonds. The van der Waals surface area contributed by atoms with E-state index < -0.39 is 23.5 Å². The predicted molar refractivity (Wildman–Crippen MR) is 187 cm³/mol. The average Bonchev–Trinajstić information content (AvgIpc) is 3.46. The summed E-state index contributed by atoms with van der Waals surface area (Å²) in [5.41, 5.74) is -0.434. The first-order valence-corrected chi connectivity index (χ1v) is 16.9. The Hall–Kier alpha value is -3.39. The second-order valence-electron chi connectivity index (χ2n) is 15.7. The smallest absolute Gasteiger partial charge is 0.315 e. The van der Waals surface area contributed by atoms with Crippen molar-refractivity contribution in [1.29, 1.82) is 0 Å². The van der Waals surface area contributed by atoms with Gasteiger partial charge >= 0.3 is 6.03 Å². The number of piperidine rings is 1. The van der Waals surface area contributed by atoms with E-state index in [0.717, 1.165) is 32.5 Å². The van der Waals surface area contributed by atoms with Gasteiger partial charge in [-0.3, -0.25) is 19.2 Å². The molecule has 2 aliphatic heterocycles. The Labute approximate surface area is 283 Å². The second-order valence-corrected chi connectivity index (χ2v) is 15.7. The lowest BCUT2D eigenvalue weighted by atomic mass is 9.81. The molecule has 0 aromatic rings. The van der Waals surface area contributed by atoms with Crippen molar-refractivity contribution in [3.05, 3.63) is 12.7 Å². The van der Waals surface area contributed by atoms with Gasteiger partial charge in [-0.25, -0.2) is 4.79 Å². The van der Waals surface area contributed by atoms with Gasteiger partial charge in [-0.2, -0.15) is 0 Å². The molecule has 2 saturated heterocycles. The number of ketones is 1. The first-order chi connectivity index (χ1) is 21.8. The lowest BCUT2D eigenvalue weighted by Crippen LogP contribution is -2.61. The van der Waals surface area contributed by atoms with Crippen LogP contribution in [0.25, 0.3) is 0 Å².